The Labute approximate surface area is 175 Å². The number of unbranched alkanes of at least 4 members (excludes halogenated alkanes) is 8. The van der Waals surface area contributed by atoms with Gasteiger partial charge in [0.1, 0.15) is 0 Å². The Morgan fingerprint density at radius 1 is 0.720 bits per heavy atom. The van der Waals surface area contributed by atoms with E-state index in [-0.39, 0.29) is 29.7 Å². The molecule has 0 saturated carbocycles. The Morgan fingerprint density at radius 2 is 1.24 bits per heavy atom. The Hall–Kier alpha value is 0.600. The van der Waals surface area contributed by atoms with Crippen molar-refractivity contribution < 1.29 is 12.9 Å². The van der Waals surface area contributed by atoms with Gasteiger partial charge < -0.3 is 9.21 Å². The average molecular weight is 491 g/mol. The molecule has 0 rings (SSSR count). The van der Waals surface area contributed by atoms with Crippen LogP contribution in [0.1, 0.15) is 84.5 Å². The Morgan fingerprint density at radius 3 is 1.76 bits per heavy atom. The zero-order valence-corrected chi connectivity index (χ0v) is 20.3. The summed E-state index contributed by atoms with van der Waals surface area (Å²) >= 11 is 0. The minimum absolute atomic E-state index is 0. The highest BCUT2D eigenvalue weighted by atomic mass is 127. The van der Waals surface area contributed by atoms with Gasteiger partial charge in [-0.05, 0) is 19.3 Å². The molecule has 0 spiro atoms. The zero-order valence-electron chi connectivity index (χ0n) is 17.1. The van der Waals surface area contributed by atoms with E-state index in [1.165, 1.54) is 38.5 Å². The summed E-state index contributed by atoms with van der Waals surface area (Å²) in [4.78, 5) is 0. The Kier molecular flexibility index (Phi) is 18.6. The fraction of sp³-hybridized carbons (Fsp3) is 1.00. The van der Waals surface area contributed by atoms with E-state index in [0.29, 0.717) is 6.54 Å². The van der Waals surface area contributed by atoms with Gasteiger partial charge in [-0.1, -0.05) is 65.2 Å². The molecular formula is C19H43IN2O2S. The van der Waals surface area contributed by atoms with Gasteiger partial charge in [-0.15, -0.1) is 30.5 Å². The van der Waals surface area contributed by atoms with Crippen molar-refractivity contribution in [1.29, 1.82) is 0 Å². The van der Waals surface area contributed by atoms with Gasteiger partial charge in [0.2, 0.25) is 0 Å². The molecule has 154 valence electrons. The largest absolute Gasteiger partial charge is 0.549 e. The van der Waals surface area contributed by atoms with Crippen LogP contribution in [0.3, 0.4) is 0 Å². The Balaban J connectivity index is 0. The standard InChI is InChI=1S/C19H42N2O2S.HI/c1-5-7-8-9-10-11-12-13-14-19-24(22,23)20-16-15-18-21(3,4)17-6-2;/h5-19H2,1-4H3;1H. The Bertz CT molecular complexity index is 387. The molecule has 0 aliphatic carbocycles. The van der Waals surface area contributed by atoms with Crippen molar-refractivity contribution in [2.75, 3.05) is 39.5 Å². The van der Waals surface area contributed by atoms with Gasteiger partial charge >= 0.3 is 0 Å². The predicted molar refractivity (Wildman–Crippen MR) is 121 cm³/mol. The minimum atomic E-state index is -3.20. The monoisotopic (exact) mass is 490 g/mol. The molecular weight excluding hydrogens is 447 g/mol. The summed E-state index contributed by atoms with van der Waals surface area (Å²) < 4.78 is 28.7. The molecule has 0 aliphatic heterocycles. The lowest BCUT2D eigenvalue weighted by molar-refractivity contribution is -0.890. The third-order valence-electron chi connectivity index (χ3n) is 4.54. The lowest BCUT2D eigenvalue weighted by Crippen LogP contribution is -2.41. The first-order valence-corrected chi connectivity index (χ1v) is 11.7. The van der Waals surface area contributed by atoms with Crippen LogP contribution in [0.15, 0.2) is 0 Å². The van der Waals surface area contributed by atoms with Gasteiger partial charge in [-0.25, -0.2) is 8.42 Å². The lowest BCUT2D eigenvalue weighted by Gasteiger charge is -2.31. The summed E-state index contributed by atoms with van der Waals surface area (Å²) in [6.45, 7) is 6.98. The molecule has 0 heterocycles. The van der Waals surface area contributed by atoms with Crippen LogP contribution in [0.2, 0.25) is 0 Å². The molecule has 0 fully saturated rings. The first-order valence-electron chi connectivity index (χ1n) is 10.1. The van der Waals surface area contributed by atoms with E-state index in [1.54, 1.807) is 0 Å². The molecule has 0 bridgehead atoms. The van der Waals surface area contributed by atoms with Crippen LogP contribution in [-0.2, 0) is 10.0 Å². The van der Waals surface area contributed by atoms with Crippen LogP contribution in [0.5, 0.6) is 0 Å². The van der Waals surface area contributed by atoms with Crippen LogP contribution in [0, 0.1) is 0 Å². The molecule has 0 radical (unpaired) electrons. The SMILES string of the molecule is CCCCCCCCCCCS(=O)(=O)[N-]CCC[N+](C)(C)CCC.I. The first kappa shape index (κ1) is 27.8. The number of halogens is 1. The number of hydrogen-bond donors (Lipinski definition) is 0. The maximum absolute atomic E-state index is 11.9. The third-order valence-corrected chi connectivity index (χ3v) is 5.92. The van der Waals surface area contributed by atoms with Crippen molar-refractivity contribution in [3.8, 4) is 0 Å². The number of sulfonamides is 1. The van der Waals surface area contributed by atoms with Gasteiger partial charge in [0.15, 0.2) is 0 Å². The average Bonchev–Trinajstić information content (AvgIpc) is 2.50. The number of hydrogen-bond acceptors (Lipinski definition) is 2. The van der Waals surface area contributed by atoms with Crippen molar-refractivity contribution >= 4 is 34.0 Å². The van der Waals surface area contributed by atoms with Crippen LogP contribution < -0.4 is 0 Å². The highest BCUT2D eigenvalue weighted by molar-refractivity contribution is 14.0. The number of nitrogens with zero attached hydrogens (tertiary/aromatic N) is 2. The fourth-order valence-electron chi connectivity index (χ4n) is 3.08. The first-order chi connectivity index (χ1) is 11.3. The second-order valence-electron chi connectivity index (χ2n) is 7.70. The second kappa shape index (κ2) is 16.8. The molecule has 6 heteroatoms. The molecule has 0 amide bonds. The molecule has 0 aromatic carbocycles. The number of rotatable bonds is 17. The molecule has 0 saturated heterocycles. The van der Waals surface area contributed by atoms with Crippen LogP contribution in [-0.4, -0.2) is 52.4 Å². The van der Waals surface area contributed by atoms with Crippen LogP contribution in [0.25, 0.3) is 4.72 Å². The fourth-order valence-corrected chi connectivity index (χ4v) is 4.18. The molecule has 0 aliphatic rings. The van der Waals surface area contributed by atoms with Crippen LogP contribution in [0.4, 0.5) is 0 Å². The van der Waals surface area contributed by atoms with Crippen molar-refractivity contribution in [2.24, 2.45) is 0 Å². The van der Waals surface area contributed by atoms with E-state index in [4.69, 9.17) is 0 Å². The summed E-state index contributed by atoms with van der Waals surface area (Å²) in [6.07, 6.45) is 12.8. The summed E-state index contributed by atoms with van der Waals surface area (Å²) in [5.41, 5.74) is 0. The van der Waals surface area contributed by atoms with Gasteiger partial charge in [0, 0.05) is 5.75 Å². The normalized spacial score (nSPS) is 12.2. The van der Waals surface area contributed by atoms with E-state index in [0.717, 1.165) is 49.7 Å². The molecule has 0 atom stereocenters. The quantitative estimate of drug-likeness (QED) is 0.149. The highest BCUT2D eigenvalue weighted by Gasteiger charge is 2.11. The zero-order chi connectivity index (χ0) is 18.3. The molecule has 0 unspecified atom stereocenters. The van der Waals surface area contributed by atoms with Crippen molar-refractivity contribution in [2.45, 2.75) is 84.5 Å². The summed E-state index contributed by atoms with van der Waals surface area (Å²) in [6, 6.07) is 0. The molecule has 0 aromatic heterocycles. The summed E-state index contributed by atoms with van der Waals surface area (Å²) in [7, 11) is 1.19. The summed E-state index contributed by atoms with van der Waals surface area (Å²) in [5.74, 6) is 0.232. The van der Waals surface area contributed by atoms with E-state index >= 15 is 0 Å². The highest BCUT2D eigenvalue weighted by Crippen LogP contribution is 2.12. The lowest BCUT2D eigenvalue weighted by atomic mass is 10.1. The maximum atomic E-state index is 11.9. The van der Waals surface area contributed by atoms with Crippen molar-refractivity contribution in [1.82, 2.24) is 0 Å². The van der Waals surface area contributed by atoms with Gasteiger partial charge in [0.05, 0.1) is 37.2 Å². The smallest absolute Gasteiger partial charge is 0.0779 e. The van der Waals surface area contributed by atoms with Crippen molar-refractivity contribution in [3.63, 3.8) is 0 Å². The second-order valence-corrected chi connectivity index (χ2v) is 9.53. The molecule has 0 N–H and O–H groups in total. The molecule has 0 aromatic rings. The maximum Gasteiger partial charge on any atom is 0.0779 e. The van der Waals surface area contributed by atoms with Gasteiger partial charge in [-0.2, -0.15) is 0 Å². The van der Waals surface area contributed by atoms with Gasteiger partial charge in [0.25, 0.3) is 0 Å². The number of quaternary nitrogens is 1. The summed E-state index contributed by atoms with van der Waals surface area (Å²) in [5, 5.41) is 0. The van der Waals surface area contributed by atoms with Crippen molar-refractivity contribution in [3.05, 3.63) is 4.72 Å². The molecule has 25 heavy (non-hydrogen) atoms. The van der Waals surface area contributed by atoms with Crippen LogP contribution >= 0.6 is 24.0 Å². The van der Waals surface area contributed by atoms with Gasteiger partial charge in [-0.3, -0.25) is 0 Å². The van der Waals surface area contributed by atoms with E-state index in [2.05, 4.69) is 32.7 Å². The van der Waals surface area contributed by atoms with E-state index < -0.39 is 10.0 Å². The topological polar surface area (TPSA) is 48.2 Å². The predicted octanol–water partition coefficient (Wildman–Crippen LogP) is 5.72. The van der Waals surface area contributed by atoms with E-state index in [1.807, 2.05) is 0 Å². The minimum Gasteiger partial charge on any atom is -0.549 e. The third kappa shape index (κ3) is 19.2. The van der Waals surface area contributed by atoms with E-state index in [9.17, 15) is 8.42 Å². The molecule has 4 nitrogen and oxygen atoms in total.